The zero-order valence-corrected chi connectivity index (χ0v) is 10.1. The van der Waals surface area contributed by atoms with Gasteiger partial charge in [-0.25, -0.2) is 4.39 Å². The molecule has 3 rings (SSSR count). The van der Waals surface area contributed by atoms with Crippen LogP contribution in [0.25, 0.3) is 10.9 Å². The van der Waals surface area contributed by atoms with Crippen LogP contribution in [-0.4, -0.2) is 4.98 Å². The van der Waals surface area contributed by atoms with Crippen LogP contribution in [-0.2, 0) is 0 Å². The molecule has 0 unspecified atom stereocenters. The number of hydrogen-bond acceptors (Lipinski definition) is 1. The lowest BCUT2D eigenvalue weighted by molar-refractivity contribution is 0.627. The maximum Gasteiger partial charge on any atom is 0.124 e. The highest BCUT2D eigenvalue weighted by Gasteiger charge is 1.98. The lowest BCUT2D eigenvalue weighted by Crippen LogP contribution is -1.83. The van der Waals surface area contributed by atoms with Crippen LogP contribution >= 0.6 is 0 Å². The van der Waals surface area contributed by atoms with Gasteiger partial charge in [0, 0.05) is 17.1 Å². The van der Waals surface area contributed by atoms with Crippen molar-refractivity contribution in [1.82, 2.24) is 4.98 Å². The number of aromatic nitrogens is 1. The predicted octanol–water partition coefficient (Wildman–Crippen LogP) is 3.77. The molecule has 0 saturated heterocycles. The number of nitrogens with zero attached hydrogens (tertiary/aromatic N) is 1. The van der Waals surface area contributed by atoms with E-state index in [-0.39, 0.29) is 5.82 Å². The molecule has 90 valence electrons. The molecule has 0 saturated carbocycles. The zero-order chi connectivity index (χ0) is 13.1. The van der Waals surface area contributed by atoms with Crippen molar-refractivity contribution in [2.45, 2.75) is 0 Å². The minimum atomic E-state index is -0.275. The smallest absolute Gasteiger partial charge is 0.124 e. The molecule has 0 atom stereocenters. The molecule has 1 heterocycles. The highest BCUT2D eigenvalue weighted by atomic mass is 19.1. The van der Waals surface area contributed by atoms with Crippen LogP contribution < -0.4 is 0 Å². The topological polar surface area (TPSA) is 12.9 Å². The Morgan fingerprint density at radius 1 is 0.895 bits per heavy atom. The third kappa shape index (κ3) is 2.46. The average molecular weight is 247 g/mol. The summed E-state index contributed by atoms with van der Waals surface area (Å²) in [6.45, 7) is 0. The third-order valence-corrected chi connectivity index (χ3v) is 2.80. The number of hydrogen-bond donors (Lipinski definition) is 0. The Labute approximate surface area is 110 Å². The van der Waals surface area contributed by atoms with E-state index < -0.39 is 0 Å². The van der Waals surface area contributed by atoms with Crippen molar-refractivity contribution in [3.63, 3.8) is 0 Å². The van der Waals surface area contributed by atoms with E-state index in [9.17, 15) is 4.39 Å². The Hall–Kier alpha value is -2.66. The highest BCUT2D eigenvalue weighted by Crippen LogP contribution is 2.14. The van der Waals surface area contributed by atoms with Gasteiger partial charge < -0.3 is 0 Å². The van der Waals surface area contributed by atoms with Crippen LogP contribution in [0, 0.1) is 17.7 Å². The molecule has 1 aromatic heterocycles. The van der Waals surface area contributed by atoms with Crippen molar-refractivity contribution in [2.75, 3.05) is 0 Å². The van der Waals surface area contributed by atoms with Gasteiger partial charge in [0.05, 0.1) is 11.1 Å². The summed E-state index contributed by atoms with van der Waals surface area (Å²) in [6.07, 6.45) is 1.75. The fourth-order valence-electron chi connectivity index (χ4n) is 1.91. The average Bonchev–Trinajstić information content (AvgIpc) is 2.45. The molecule has 2 heteroatoms. The second-order valence-corrected chi connectivity index (χ2v) is 4.14. The first-order valence-corrected chi connectivity index (χ1v) is 5.94. The van der Waals surface area contributed by atoms with E-state index in [0.717, 1.165) is 16.5 Å². The van der Waals surface area contributed by atoms with Crippen molar-refractivity contribution < 1.29 is 4.39 Å². The second kappa shape index (κ2) is 4.91. The Kier molecular flexibility index (Phi) is 2.96. The molecule has 0 aliphatic rings. The van der Waals surface area contributed by atoms with E-state index in [0.29, 0.717) is 5.56 Å². The zero-order valence-electron chi connectivity index (χ0n) is 10.1. The summed E-state index contributed by atoms with van der Waals surface area (Å²) < 4.78 is 13.1. The van der Waals surface area contributed by atoms with Crippen LogP contribution in [0.4, 0.5) is 4.39 Å². The van der Waals surface area contributed by atoms with Crippen LogP contribution in [0.15, 0.2) is 60.8 Å². The van der Waals surface area contributed by atoms with Gasteiger partial charge in [-0.3, -0.25) is 4.98 Å². The van der Waals surface area contributed by atoms with Gasteiger partial charge in [-0.2, -0.15) is 0 Å². The van der Waals surface area contributed by atoms with Gasteiger partial charge in [0.1, 0.15) is 5.82 Å². The van der Waals surface area contributed by atoms with Gasteiger partial charge in [-0.05, 0) is 30.3 Å². The van der Waals surface area contributed by atoms with Crippen LogP contribution in [0.2, 0.25) is 0 Å². The number of para-hydroxylation sites is 1. The molecule has 1 nitrogen and oxygen atoms in total. The van der Waals surface area contributed by atoms with E-state index >= 15 is 0 Å². The van der Waals surface area contributed by atoms with Gasteiger partial charge in [0.2, 0.25) is 0 Å². The molecule has 0 spiro atoms. The van der Waals surface area contributed by atoms with Gasteiger partial charge in [0.15, 0.2) is 0 Å². The molecule has 0 amide bonds. The van der Waals surface area contributed by atoms with E-state index in [1.165, 1.54) is 12.1 Å². The molecule has 0 aliphatic heterocycles. The first kappa shape index (κ1) is 11.4. The van der Waals surface area contributed by atoms with Gasteiger partial charge in [-0.1, -0.05) is 36.1 Å². The quantitative estimate of drug-likeness (QED) is 0.551. The van der Waals surface area contributed by atoms with E-state index in [1.807, 2.05) is 30.3 Å². The predicted molar refractivity (Wildman–Crippen MR) is 74.1 cm³/mol. The molecular weight excluding hydrogens is 237 g/mol. The van der Waals surface area contributed by atoms with Crippen LogP contribution in [0.5, 0.6) is 0 Å². The lowest BCUT2D eigenvalue weighted by atomic mass is 10.1. The van der Waals surface area contributed by atoms with Crippen molar-refractivity contribution in [3.05, 3.63) is 77.7 Å². The number of halogens is 1. The first-order chi connectivity index (χ1) is 9.33. The third-order valence-electron chi connectivity index (χ3n) is 2.80. The van der Waals surface area contributed by atoms with Crippen LogP contribution in [0.3, 0.4) is 0 Å². The van der Waals surface area contributed by atoms with E-state index in [2.05, 4.69) is 16.8 Å². The summed E-state index contributed by atoms with van der Waals surface area (Å²) in [7, 11) is 0. The van der Waals surface area contributed by atoms with Crippen molar-refractivity contribution in [2.24, 2.45) is 0 Å². The second-order valence-electron chi connectivity index (χ2n) is 4.14. The summed E-state index contributed by atoms with van der Waals surface area (Å²) in [5.74, 6) is 5.74. The number of rotatable bonds is 0. The molecular formula is C17H10FN. The van der Waals surface area contributed by atoms with Crippen molar-refractivity contribution >= 4 is 10.9 Å². The van der Waals surface area contributed by atoms with E-state index in [1.54, 1.807) is 18.3 Å². The van der Waals surface area contributed by atoms with E-state index in [4.69, 9.17) is 0 Å². The molecule has 0 aliphatic carbocycles. The maximum atomic E-state index is 13.1. The summed E-state index contributed by atoms with van der Waals surface area (Å²) >= 11 is 0. The highest BCUT2D eigenvalue weighted by molar-refractivity contribution is 5.84. The standard InChI is InChI=1S/C17H10FN/c18-16-8-1-4-13(12-16)9-10-15-6-2-5-14-7-3-11-19-17(14)15/h1-8,11-12H. The molecule has 19 heavy (non-hydrogen) atoms. The van der Waals surface area contributed by atoms with Gasteiger partial charge in [0.25, 0.3) is 0 Å². The Morgan fingerprint density at radius 2 is 1.74 bits per heavy atom. The Balaban J connectivity index is 2.07. The first-order valence-electron chi connectivity index (χ1n) is 5.94. The molecule has 0 fully saturated rings. The minimum Gasteiger partial charge on any atom is -0.255 e. The van der Waals surface area contributed by atoms with Crippen molar-refractivity contribution in [1.29, 1.82) is 0 Å². The summed E-state index contributed by atoms with van der Waals surface area (Å²) in [6, 6.07) is 16.0. The monoisotopic (exact) mass is 247 g/mol. The van der Waals surface area contributed by atoms with Gasteiger partial charge >= 0.3 is 0 Å². The fourth-order valence-corrected chi connectivity index (χ4v) is 1.91. The van der Waals surface area contributed by atoms with Crippen LogP contribution in [0.1, 0.15) is 11.1 Å². The largest absolute Gasteiger partial charge is 0.255 e. The minimum absolute atomic E-state index is 0.275. The van der Waals surface area contributed by atoms with Gasteiger partial charge in [-0.15, -0.1) is 0 Å². The lowest BCUT2D eigenvalue weighted by Gasteiger charge is -1.98. The number of fused-ring (bicyclic) bond motifs is 1. The molecule has 3 aromatic rings. The molecule has 0 bridgehead atoms. The fraction of sp³-hybridized carbons (Fsp3) is 0. The Morgan fingerprint density at radius 3 is 2.63 bits per heavy atom. The maximum absolute atomic E-state index is 13.1. The molecule has 0 radical (unpaired) electrons. The number of benzene rings is 2. The molecule has 2 aromatic carbocycles. The Bertz CT molecular complexity index is 791. The normalized spacial score (nSPS) is 9.95. The SMILES string of the molecule is Fc1cccc(C#Cc2cccc3cccnc23)c1. The molecule has 0 N–H and O–H groups in total. The summed E-state index contributed by atoms with van der Waals surface area (Å²) in [5.41, 5.74) is 2.38. The summed E-state index contributed by atoms with van der Waals surface area (Å²) in [4.78, 5) is 4.33. The van der Waals surface area contributed by atoms with Crippen molar-refractivity contribution in [3.8, 4) is 11.8 Å². The number of pyridine rings is 1. The summed E-state index contributed by atoms with van der Waals surface area (Å²) in [5, 5.41) is 1.05.